The van der Waals surface area contributed by atoms with E-state index in [1.807, 2.05) is 18.2 Å². The van der Waals surface area contributed by atoms with Gasteiger partial charge in [0.2, 0.25) is 0 Å². The number of hydrogen-bond acceptors (Lipinski definition) is 1. The minimum absolute atomic E-state index is 0.142. The first-order valence-corrected chi connectivity index (χ1v) is 6.52. The quantitative estimate of drug-likeness (QED) is 0.893. The number of nitrogens with zero attached hydrogens (tertiary/aromatic N) is 1. The van der Waals surface area contributed by atoms with E-state index in [-0.39, 0.29) is 12.6 Å². The lowest BCUT2D eigenvalue weighted by Crippen LogP contribution is -2.15. The standard InChI is InChI=1S/C15H18ClNO/c1-11-6-7-12(2)17(11)15(8-9-18)13-4-3-5-14(16)10-13/h3-7,10,15,18H,8-9H2,1-2H3/t15-/m0/s1. The Hall–Kier alpha value is -1.25. The van der Waals surface area contributed by atoms with Gasteiger partial charge in [-0.05, 0) is 50.1 Å². The Balaban J connectivity index is 2.46. The van der Waals surface area contributed by atoms with Crippen molar-refractivity contribution in [3.63, 3.8) is 0 Å². The van der Waals surface area contributed by atoms with Crippen molar-refractivity contribution in [2.45, 2.75) is 26.3 Å². The fraction of sp³-hybridized carbons (Fsp3) is 0.333. The van der Waals surface area contributed by atoms with E-state index in [2.05, 4.69) is 36.6 Å². The third-order valence-electron chi connectivity index (χ3n) is 3.27. The maximum Gasteiger partial charge on any atom is 0.0607 e. The molecule has 0 aliphatic heterocycles. The average molecular weight is 264 g/mol. The number of hydrogen-bond donors (Lipinski definition) is 1. The van der Waals surface area contributed by atoms with Gasteiger partial charge in [-0.2, -0.15) is 0 Å². The maximum atomic E-state index is 9.30. The zero-order chi connectivity index (χ0) is 13.1. The predicted octanol–water partition coefficient (Wildman–Crippen LogP) is 3.73. The number of benzene rings is 1. The van der Waals surface area contributed by atoms with E-state index in [9.17, 15) is 5.11 Å². The van der Waals surface area contributed by atoms with Gasteiger partial charge in [-0.25, -0.2) is 0 Å². The van der Waals surface area contributed by atoms with Gasteiger partial charge < -0.3 is 9.67 Å². The topological polar surface area (TPSA) is 25.2 Å². The lowest BCUT2D eigenvalue weighted by Gasteiger charge is -2.22. The molecule has 0 saturated heterocycles. The molecule has 3 heteroatoms. The number of aliphatic hydroxyl groups excluding tert-OH is 1. The second-order valence-corrected chi connectivity index (χ2v) is 5.01. The first-order chi connectivity index (χ1) is 8.63. The Morgan fingerprint density at radius 3 is 2.39 bits per heavy atom. The first-order valence-electron chi connectivity index (χ1n) is 6.14. The van der Waals surface area contributed by atoms with Crippen molar-refractivity contribution >= 4 is 11.6 Å². The fourth-order valence-electron chi connectivity index (χ4n) is 2.45. The van der Waals surface area contributed by atoms with Crippen molar-refractivity contribution in [1.82, 2.24) is 4.57 Å². The molecule has 1 N–H and O–H groups in total. The summed E-state index contributed by atoms with van der Waals surface area (Å²) in [6.07, 6.45) is 0.691. The Morgan fingerprint density at radius 2 is 1.83 bits per heavy atom. The molecule has 0 bridgehead atoms. The molecule has 0 unspecified atom stereocenters. The van der Waals surface area contributed by atoms with Crippen molar-refractivity contribution in [2.75, 3.05) is 6.61 Å². The Labute approximate surface area is 113 Å². The zero-order valence-electron chi connectivity index (χ0n) is 10.7. The number of rotatable bonds is 4. The summed E-state index contributed by atoms with van der Waals surface area (Å²) >= 11 is 6.06. The van der Waals surface area contributed by atoms with E-state index in [0.717, 1.165) is 10.6 Å². The minimum Gasteiger partial charge on any atom is -0.396 e. The molecule has 1 aromatic heterocycles. The fourth-order valence-corrected chi connectivity index (χ4v) is 2.65. The molecule has 0 aliphatic carbocycles. The molecular formula is C15H18ClNO. The molecule has 2 rings (SSSR count). The smallest absolute Gasteiger partial charge is 0.0607 e. The van der Waals surface area contributed by atoms with Crippen LogP contribution in [0.15, 0.2) is 36.4 Å². The molecule has 2 nitrogen and oxygen atoms in total. The summed E-state index contributed by atoms with van der Waals surface area (Å²) in [5, 5.41) is 10.0. The highest BCUT2D eigenvalue weighted by Crippen LogP contribution is 2.27. The molecule has 96 valence electrons. The van der Waals surface area contributed by atoms with Crippen molar-refractivity contribution in [2.24, 2.45) is 0 Å². The van der Waals surface area contributed by atoms with Crippen LogP contribution in [-0.4, -0.2) is 16.3 Å². The van der Waals surface area contributed by atoms with Crippen LogP contribution >= 0.6 is 11.6 Å². The Bertz CT molecular complexity index is 514. The van der Waals surface area contributed by atoms with Crippen molar-refractivity contribution in [3.05, 3.63) is 58.4 Å². The van der Waals surface area contributed by atoms with Crippen LogP contribution in [0.2, 0.25) is 5.02 Å². The second kappa shape index (κ2) is 5.59. The van der Waals surface area contributed by atoms with Crippen LogP contribution < -0.4 is 0 Å². The lowest BCUT2D eigenvalue weighted by atomic mass is 10.0. The summed E-state index contributed by atoms with van der Waals surface area (Å²) in [5.41, 5.74) is 3.54. The summed E-state index contributed by atoms with van der Waals surface area (Å²) < 4.78 is 2.25. The third kappa shape index (κ3) is 2.60. The second-order valence-electron chi connectivity index (χ2n) is 4.57. The van der Waals surface area contributed by atoms with E-state index in [1.165, 1.54) is 11.4 Å². The van der Waals surface area contributed by atoms with Crippen LogP contribution in [0, 0.1) is 13.8 Å². The van der Waals surface area contributed by atoms with Gasteiger partial charge in [-0.15, -0.1) is 0 Å². The molecule has 0 spiro atoms. The van der Waals surface area contributed by atoms with Crippen molar-refractivity contribution in [1.29, 1.82) is 0 Å². The Morgan fingerprint density at radius 1 is 1.17 bits per heavy atom. The summed E-state index contributed by atoms with van der Waals surface area (Å²) in [6, 6.07) is 12.2. The lowest BCUT2D eigenvalue weighted by molar-refractivity contribution is 0.267. The molecule has 2 aromatic rings. The molecule has 1 atom stereocenters. The van der Waals surface area contributed by atoms with Crippen molar-refractivity contribution < 1.29 is 5.11 Å². The minimum atomic E-state index is 0.142. The van der Waals surface area contributed by atoms with E-state index in [4.69, 9.17) is 11.6 Å². The highest BCUT2D eigenvalue weighted by Gasteiger charge is 2.16. The number of aliphatic hydroxyl groups is 1. The van der Waals surface area contributed by atoms with Crippen LogP contribution in [0.1, 0.15) is 29.4 Å². The first kappa shape index (κ1) is 13.2. The molecule has 0 amide bonds. The predicted molar refractivity (Wildman–Crippen MR) is 75.2 cm³/mol. The number of halogens is 1. The van der Waals surface area contributed by atoms with Gasteiger partial charge in [0, 0.05) is 23.0 Å². The van der Waals surface area contributed by atoms with Crippen LogP contribution in [0.4, 0.5) is 0 Å². The van der Waals surface area contributed by atoms with Crippen molar-refractivity contribution in [3.8, 4) is 0 Å². The summed E-state index contributed by atoms with van der Waals surface area (Å²) in [5.74, 6) is 0. The van der Waals surface area contributed by atoms with Crippen LogP contribution in [0.25, 0.3) is 0 Å². The van der Waals surface area contributed by atoms with Crippen LogP contribution in [0.5, 0.6) is 0 Å². The van der Waals surface area contributed by atoms with Crippen LogP contribution in [0.3, 0.4) is 0 Å². The molecule has 0 aliphatic rings. The summed E-state index contributed by atoms with van der Waals surface area (Å²) in [6.45, 7) is 4.33. The van der Waals surface area contributed by atoms with Gasteiger partial charge in [0.25, 0.3) is 0 Å². The van der Waals surface area contributed by atoms with Gasteiger partial charge in [0.05, 0.1) is 6.04 Å². The number of aryl methyl sites for hydroxylation is 2. The Kier molecular flexibility index (Phi) is 4.10. The van der Waals surface area contributed by atoms with E-state index < -0.39 is 0 Å². The molecule has 0 radical (unpaired) electrons. The van der Waals surface area contributed by atoms with Gasteiger partial charge in [0.1, 0.15) is 0 Å². The summed E-state index contributed by atoms with van der Waals surface area (Å²) in [4.78, 5) is 0. The summed E-state index contributed by atoms with van der Waals surface area (Å²) in [7, 11) is 0. The van der Waals surface area contributed by atoms with Crippen LogP contribution in [-0.2, 0) is 0 Å². The third-order valence-corrected chi connectivity index (χ3v) is 3.51. The van der Waals surface area contributed by atoms with E-state index >= 15 is 0 Å². The normalized spacial score (nSPS) is 12.7. The molecule has 1 aromatic carbocycles. The zero-order valence-corrected chi connectivity index (χ0v) is 11.5. The average Bonchev–Trinajstić information content (AvgIpc) is 2.67. The largest absolute Gasteiger partial charge is 0.396 e. The van der Waals surface area contributed by atoms with E-state index in [1.54, 1.807) is 0 Å². The maximum absolute atomic E-state index is 9.30. The molecule has 1 heterocycles. The van der Waals surface area contributed by atoms with Gasteiger partial charge in [-0.1, -0.05) is 23.7 Å². The molecule has 0 fully saturated rings. The van der Waals surface area contributed by atoms with Gasteiger partial charge in [0.15, 0.2) is 0 Å². The SMILES string of the molecule is Cc1ccc(C)n1[C@@H](CCO)c1cccc(Cl)c1. The highest BCUT2D eigenvalue weighted by atomic mass is 35.5. The van der Waals surface area contributed by atoms with E-state index in [0.29, 0.717) is 6.42 Å². The molecular weight excluding hydrogens is 246 g/mol. The highest BCUT2D eigenvalue weighted by molar-refractivity contribution is 6.30. The molecule has 18 heavy (non-hydrogen) atoms. The van der Waals surface area contributed by atoms with Gasteiger partial charge >= 0.3 is 0 Å². The number of aromatic nitrogens is 1. The monoisotopic (exact) mass is 263 g/mol. The molecule has 0 saturated carbocycles. The van der Waals surface area contributed by atoms with Gasteiger partial charge in [-0.3, -0.25) is 0 Å².